The number of aromatic nitrogens is 2. The van der Waals surface area contributed by atoms with E-state index in [1.165, 1.54) is 12.4 Å². The molecule has 0 bridgehead atoms. The summed E-state index contributed by atoms with van der Waals surface area (Å²) >= 11 is 0. The van der Waals surface area contributed by atoms with Gasteiger partial charge in [0.25, 0.3) is 9.05 Å². The first-order valence-corrected chi connectivity index (χ1v) is 7.25. The van der Waals surface area contributed by atoms with E-state index in [1.807, 2.05) is 0 Å². The molecule has 0 atom stereocenters. The smallest absolute Gasteiger partial charge is 0.264 e. The molecule has 0 amide bonds. The molecular formula is C9H15ClN2O2S. The van der Waals surface area contributed by atoms with E-state index in [2.05, 4.69) is 18.9 Å². The predicted molar refractivity (Wildman–Crippen MR) is 59.3 cm³/mol. The van der Waals surface area contributed by atoms with Gasteiger partial charge in [0.2, 0.25) is 0 Å². The molecule has 0 fully saturated rings. The van der Waals surface area contributed by atoms with Gasteiger partial charge in [-0.2, -0.15) is 5.10 Å². The van der Waals surface area contributed by atoms with E-state index in [9.17, 15) is 8.42 Å². The van der Waals surface area contributed by atoms with Gasteiger partial charge < -0.3 is 0 Å². The van der Waals surface area contributed by atoms with Crippen LogP contribution in [0.3, 0.4) is 0 Å². The molecule has 0 aliphatic heterocycles. The van der Waals surface area contributed by atoms with Gasteiger partial charge in [-0.25, -0.2) is 8.42 Å². The van der Waals surface area contributed by atoms with Gasteiger partial charge in [-0.15, -0.1) is 0 Å². The molecule has 86 valence electrons. The zero-order valence-electron chi connectivity index (χ0n) is 8.85. The third-order valence-corrected chi connectivity index (χ3v) is 3.80. The van der Waals surface area contributed by atoms with Crippen molar-refractivity contribution in [2.75, 3.05) is 0 Å². The molecule has 1 heterocycles. The van der Waals surface area contributed by atoms with Crippen molar-refractivity contribution in [3.8, 4) is 0 Å². The highest BCUT2D eigenvalue weighted by atomic mass is 35.7. The molecular weight excluding hydrogens is 236 g/mol. The van der Waals surface area contributed by atoms with Crippen LogP contribution in [0, 0.1) is 5.92 Å². The van der Waals surface area contributed by atoms with E-state index in [0.717, 1.165) is 19.4 Å². The third kappa shape index (κ3) is 3.50. The first-order chi connectivity index (χ1) is 6.97. The minimum atomic E-state index is -3.64. The highest BCUT2D eigenvalue weighted by molar-refractivity contribution is 8.13. The number of rotatable bonds is 5. The molecule has 4 nitrogen and oxygen atoms in total. The summed E-state index contributed by atoms with van der Waals surface area (Å²) in [6, 6.07) is 0. The van der Waals surface area contributed by atoms with Gasteiger partial charge in [0.05, 0.1) is 6.20 Å². The first kappa shape index (κ1) is 12.5. The van der Waals surface area contributed by atoms with Crippen molar-refractivity contribution < 1.29 is 8.42 Å². The van der Waals surface area contributed by atoms with Gasteiger partial charge in [-0.05, 0) is 5.92 Å². The zero-order valence-corrected chi connectivity index (χ0v) is 10.4. The molecule has 0 radical (unpaired) electrons. The normalized spacial score (nSPS) is 12.3. The molecule has 1 rings (SSSR count). The Labute approximate surface area is 94.7 Å². The van der Waals surface area contributed by atoms with Crippen molar-refractivity contribution in [2.45, 2.75) is 38.1 Å². The second-order valence-corrected chi connectivity index (χ2v) is 6.08. The van der Waals surface area contributed by atoms with Crippen LogP contribution < -0.4 is 0 Å². The fraction of sp³-hybridized carbons (Fsp3) is 0.667. The van der Waals surface area contributed by atoms with E-state index >= 15 is 0 Å². The van der Waals surface area contributed by atoms with Crippen LogP contribution in [0.5, 0.6) is 0 Å². The lowest BCUT2D eigenvalue weighted by Crippen LogP contribution is -2.09. The average Bonchev–Trinajstić information content (AvgIpc) is 2.61. The Hall–Kier alpha value is -0.550. The highest BCUT2D eigenvalue weighted by Gasteiger charge is 2.13. The molecule has 0 aliphatic carbocycles. The Morgan fingerprint density at radius 1 is 1.47 bits per heavy atom. The summed E-state index contributed by atoms with van der Waals surface area (Å²) in [4.78, 5) is 0.0649. The quantitative estimate of drug-likeness (QED) is 0.753. The second kappa shape index (κ2) is 4.99. The summed E-state index contributed by atoms with van der Waals surface area (Å²) in [5, 5.41) is 3.97. The lowest BCUT2D eigenvalue weighted by molar-refractivity contribution is 0.395. The average molecular weight is 251 g/mol. The van der Waals surface area contributed by atoms with Gasteiger partial charge in [-0.1, -0.05) is 26.7 Å². The van der Waals surface area contributed by atoms with Gasteiger partial charge >= 0.3 is 0 Å². The largest absolute Gasteiger partial charge is 0.271 e. The summed E-state index contributed by atoms with van der Waals surface area (Å²) in [6.45, 7) is 4.95. The molecule has 0 saturated carbocycles. The topological polar surface area (TPSA) is 52.0 Å². The van der Waals surface area contributed by atoms with E-state index in [4.69, 9.17) is 10.7 Å². The van der Waals surface area contributed by atoms with Gasteiger partial charge in [-0.3, -0.25) is 4.68 Å². The summed E-state index contributed by atoms with van der Waals surface area (Å²) in [5.74, 6) is 0.524. The standard InChI is InChI=1S/C9H15ClN2O2S/c1-3-8(4-2)6-12-7-9(5-11-12)15(10,13)14/h5,7-8H,3-4,6H2,1-2H3. The maximum atomic E-state index is 11.0. The number of hydrogen-bond donors (Lipinski definition) is 0. The monoisotopic (exact) mass is 250 g/mol. The summed E-state index contributed by atoms with van der Waals surface area (Å²) in [7, 11) is 1.55. The Kier molecular flexibility index (Phi) is 4.16. The lowest BCUT2D eigenvalue weighted by atomic mass is 10.0. The Balaban J connectivity index is 2.77. The van der Waals surface area contributed by atoms with Crippen LogP contribution in [0.25, 0.3) is 0 Å². The van der Waals surface area contributed by atoms with E-state index in [-0.39, 0.29) is 4.90 Å². The van der Waals surface area contributed by atoms with Gasteiger partial charge in [0.15, 0.2) is 0 Å². The van der Waals surface area contributed by atoms with Crippen molar-refractivity contribution in [1.29, 1.82) is 0 Å². The molecule has 1 aromatic heterocycles. The van der Waals surface area contributed by atoms with E-state index in [1.54, 1.807) is 4.68 Å². The Morgan fingerprint density at radius 3 is 2.47 bits per heavy atom. The maximum Gasteiger partial charge on any atom is 0.264 e. The van der Waals surface area contributed by atoms with Crippen LogP contribution in [0.15, 0.2) is 17.3 Å². The number of halogens is 1. The number of nitrogens with zero attached hydrogens (tertiary/aromatic N) is 2. The summed E-state index contributed by atoms with van der Waals surface area (Å²) < 4.78 is 23.6. The lowest BCUT2D eigenvalue weighted by Gasteiger charge is -2.11. The molecule has 0 aromatic carbocycles. The van der Waals surface area contributed by atoms with E-state index in [0.29, 0.717) is 5.92 Å². The van der Waals surface area contributed by atoms with Crippen molar-refractivity contribution in [1.82, 2.24) is 9.78 Å². The Bertz CT molecular complexity index is 410. The fourth-order valence-electron chi connectivity index (χ4n) is 1.38. The SMILES string of the molecule is CCC(CC)Cn1cc(S(=O)(=O)Cl)cn1. The molecule has 6 heteroatoms. The second-order valence-electron chi connectivity index (χ2n) is 3.52. The zero-order chi connectivity index (χ0) is 11.5. The minimum Gasteiger partial charge on any atom is -0.271 e. The number of hydrogen-bond acceptors (Lipinski definition) is 3. The van der Waals surface area contributed by atoms with Crippen LogP contribution in [0.1, 0.15) is 26.7 Å². The summed E-state index contributed by atoms with van der Waals surface area (Å²) in [5.41, 5.74) is 0. The maximum absolute atomic E-state index is 11.0. The van der Waals surface area contributed by atoms with Crippen molar-refractivity contribution in [2.24, 2.45) is 5.92 Å². The third-order valence-electron chi connectivity index (χ3n) is 2.49. The molecule has 0 unspecified atom stereocenters. The molecule has 15 heavy (non-hydrogen) atoms. The van der Waals surface area contributed by atoms with Crippen LogP contribution >= 0.6 is 10.7 Å². The minimum absolute atomic E-state index is 0.0649. The molecule has 0 spiro atoms. The summed E-state index contributed by atoms with van der Waals surface area (Å²) in [6.07, 6.45) is 4.87. The molecule has 0 saturated heterocycles. The van der Waals surface area contributed by atoms with Crippen molar-refractivity contribution in [3.63, 3.8) is 0 Å². The highest BCUT2D eigenvalue weighted by Crippen LogP contribution is 2.15. The van der Waals surface area contributed by atoms with Crippen molar-refractivity contribution in [3.05, 3.63) is 12.4 Å². The Morgan fingerprint density at radius 2 is 2.07 bits per heavy atom. The van der Waals surface area contributed by atoms with Crippen molar-refractivity contribution >= 4 is 19.7 Å². The van der Waals surface area contributed by atoms with Crippen LogP contribution in [-0.2, 0) is 15.6 Å². The van der Waals surface area contributed by atoms with Crippen LogP contribution in [0.2, 0.25) is 0 Å². The first-order valence-electron chi connectivity index (χ1n) is 4.94. The molecule has 0 aliphatic rings. The van der Waals surface area contributed by atoms with Gasteiger partial charge in [0.1, 0.15) is 4.90 Å². The van der Waals surface area contributed by atoms with E-state index < -0.39 is 9.05 Å². The fourth-order valence-corrected chi connectivity index (χ4v) is 2.04. The van der Waals surface area contributed by atoms with Crippen LogP contribution in [-0.4, -0.2) is 18.2 Å². The molecule has 1 aromatic rings. The predicted octanol–water partition coefficient (Wildman–Crippen LogP) is 2.25. The molecule has 0 N–H and O–H groups in total. The van der Waals surface area contributed by atoms with Gasteiger partial charge in [0, 0.05) is 23.4 Å². The van der Waals surface area contributed by atoms with Crippen LogP contribution in [0.4, 0.5) is 0 Å².